The van der Waals surface area contributed by atoms with Crippen molar-refractivity contribution in [1.29, 1.82) is 0 Å². The van der Waals surface area contributed by atoms with Gasteiger partial charge in [-0.2, -0.15) is 5.10 Å². The Labute approximate surface area is 101 Å². The Kier molecular flexibility index (Phi) is 2.39. The van der Waals surface area contributed by atoms with Crippen LogP contribution in [0.15, 0.2) is 30.5 Å². The second kappa shape index (κ2) is 3.91. The van der Waals surface area contributed by atoms with Gasteiger partial charge in [0.2, 0.25) is 0 Å². The highest BCUT2D eigenvalue weighted by atomic mass is 15.3. The summed E-state index contributed by atoms with van der Waals surface area (Å²) in [6.07, 6.45) is 2.99. The molecule has 0 spiro atoms. The molecule has 88 valence electrons. The second-order valence-corrected chi connectivity index (χ2v) is 4.76. The first-order chi connectivity index (χ1) is 8.27. The summed E-state index contributed by atoms with van der Waals surface area (Å²) in [5.41, 5.74) is 5.24. The Morgan fingerprint density at radius 2 is 2.18 bits per heavy atom. The molecule has 0 unspecified atom stereocenters. The summed E-state index contributed by atoms with van der Waals surface area (Å²) in [6.45, 7) is 5.37. The number of hydrogen-bond donors (Lipinski definition) is 1. The number of anilines is 1. The highest BCUT2D eigenvalue weighted by Crippen LogP contribution is 2.33. The summed E-state index contributed by atoms with van der Waals surface area (Å²) < 4.78 is 2.09. The van der Waals surface area contributed by atoms with Crippen LogP contribution in [-0.2, 0) is 6.42 Å². The van der Waals surface area contributed by atoms with Crippen LogP contribution in [0.2, 0.25) is 0 Å². The number of aromatic nitrogens is 2. The lowest BCUT2D eigenvalue weighted by Gasteiger charge is -2.13. The first-order valence-corrected chi connectivity index (χ1v) is 6.17. The van der Waals surface area contributed by atoms with Gasteiger partial charge in [0.05, 0.1) is 5.69 Å². The van der Waals surface area contributed by atoms with Crippen molar-refractivity contribution in [3.8, 4) is 11.3 Å². The van der Waals surface area contributed by atoms with Crippen LogP contribution in [0.1, 0.15) is 25.5 Å². The monoisotopic (exact) mass is 227 g/mol. The van der Waals surface area contributed by atoms with Gasteiger partial charge in [0, 0.05) is 30.0 Å². The number of benzene rings is 1. The smallest absolute Gasteiger partial charge is 0.0688 e. The molecule has 1 aromatic carbocycles. The van der Waals surface area contributed by atoms with Crippen molar-refractivity contribution in [3.63, 3.8) is 0 Å². The Hall–Kier alpha value is -1.77. The Morgan fingerprint density at radius 1 is 1.29 bits per heavy atom. The Morgan fingerprint density at radius 3 is 3.00 bits per heavy atom. The second-order valence-electron chi connectivity index (χ2n) is 4.76. The Bertz CT molecular complexity index is 540. The molecule has 0 saturated carbocycles. The lowest BCUT2D eigenvalue weighted by molar-refractivity contribution is 0.538. The number of hydrogen-bond acceptors (Lipinski definition) is 2. The summed E-state index contributed by atoms with van der Waals surface area (Å²) >= 11 is 0. The minimum atomic E-state index is 0.394. The largest absolute Gasteiger partial charge is 0.384 e. The van der Waals surface area contributed by atoms with Crippen molar-refractivity contribution in [1.82, 2.24) is 9.78 Å². The van der Waals surface area contributed by atoms with Crippen LogP contribution < -0.4 is 5.32 Å². The third-order valence-corrected chi connectivity index (χ3v) is 3.30. The van der Waals surface area contributed by atoms with Crippen LogP contribution in [0.5, 0.6) is 0 Å². The molecule has 1 aliphatic rings. The van der Waals surface area contributed by atoms with E-state index in [-0.39, 0.29) is 0 Å². The lowest BCUT2D eigenvalue weighted by Crippen LogP contribution is -2.05. The molecule has 17 heavy (non-hydrogen) atoms. The van der Waals surface area contributed by atoms with Gasteiger partial charge >= 0.3 is 0 Å². The summed E-state index contributed by atoms with van der Waals surface area (Å²) in [5, 5.41) is 7.84. The predicted octanol–water partition coefficient (Wildman–Crippen LogP) is 3.10. The molecule has 1 N–H and O–H groups in total. The predicted molar refractivity (Wildman–Crippen MR) is 70.2 cm³/mol. The van der Waals surface area contributed by atoms with E-state index in [0.717, 1.165) is 13.0 Å². The minimum absolute atomic E-state index is 0.394. The van der Waals surface area contributed by atoms with Gasteiger partial charge in [-0.05, 0) is 38.0 Å². The lowest BCUT2D eigenvalue weighted by atomic mass is 10.0. The highest BCUT2D eigenvalue weighted by molar-refractivity contribution is 5.73. The summed E-state index contributed by atoms with van der Waals surface area (Å²) in [5.74, 6) is 0. The molecular weight excluding hydrogens is 210 g/mol. The standard InChI is InChI=1S/C14H17N3/c1-10(2)17-14(7-9-16-17)12-4-3-5-13-11(12)6-8-15-13/h3-5,7,9-10,15H,6,8H2,1-2H3. The van der Waals surface area contributed by atoms with Crippen LogP contribution in [0, 0.1) is 0 Å². The van der Waals surface area contributed by atoms with E-state index >= 15 is 0 Å². The van der Waals surface area contributed by atoms with Crippen molar-refractivity contribution in [2.45, 2.75) is 26.3 Å². The van der Waals surface area contributed by atoms with E-state index in [1.54, 1.807) is 0 Å². The van der Waals surface area contributed by atoms with Gasteiger partial charge in [-0.1, -0.05) is 12.1 Å². The highest BCUT2D eigenvalue weighted by Gasteiger charge is 2.17. The van der Waals surface area contributed by atoms with E-state index in [1.165, 1.54) is 22.5 Å². The average molecular weight is 227 g/mol. The van der Waals surface area contributed by atoms with Crippen molar-refractivity contribution in [2.75, 3.05) is 11.9 Å². The first kappa shape index (κ1) is 10.4. The molecule has 2 heterocycles. The van der Waals surface area contributed by atoms with Crippen molar-refractivity contribution >= 4 is 5.69 Å². The molecule has 0 atom stereocenters. The quantitative estimate of drug-likeness (QED) is 0.854. The number of nitrogens with one attached hydrogen (secondary N) is 1. The van der Waals surface area contributed by atoms with E-state index in [4.69, 9.17) is 0 Å². The number of fused-ring (bicyclic) bond motifs is 1. The van der Waals surface area contributed by atoms with Crippen LogP contribution in [0.3, 0.4) is 0 Å². The van der Waals surface area contributed by atoms with Crippen LogP contribution in [-0.4, -0.2) is 16.3 Å². The van der Waals surface area contributed by atoms with E-state index in [9.17, 15) is 0 Å². The molecule has 3 nitrogen and oxygen atoms in total. The average Bonchev–Trinajstić information content (AvgIpc) is 2.97. The zero-order chi connectivity index (χ0) is 11.8. The molecular formula is C14H17N3. The molecule has 0 bridgehead atoms. The van der Waals surface area contributed by atoms with E-state index in [2.05, 4.69) is 53.2 Å². The minimum Gasteiger partial charge on any atom is -0.384 e. The fraction of sp³-hybridized carbons (Fsp3) is 0.357. The van der Waals surface area contributed by atoms with E-state index in [1.807, 2.05) is 6.20 Å². The molecule has 0 amide bonds. The van der Waals surface area contributed by atoms with Crippen LogP contribution >= 0.6 is 0 Å². The molecule has 0 aliphatic carbocycles. The van der Waals surface area contributed by atoms with Crippen LogP contribution in [0.25, 0.3) is 11.3 Å². The number of nitrogens with zero attached hydrogens (tertiary/aromatic N) is 2. The zero-order valence-electron chi connectivity index (χ0n) is 10.3. The molecule has 1 aliphatic heterocycles. The topological polar surface area (TPSA) is 29.9 Å². The molecule has 3 heteroatoms. The molecule has 0 saturated heterocycles. The van der Waals surface area contributed by atoms with Gasteiger partial charge in [0.1, 0.15) is 0 Å². The van der Waals surface area contributed by atoms with Crippen LogP contribution in [0.4, 0.5) is 5.69 Å². The molecule has 0 radical (unpaired) electrons. The fourth-order valence-corrected chi connectivity index (χ4v) is 2.52. The van der Waals surface area contributed by atoms with Gasteiger partial charge in [-0.3, -0.25) is 4.68 Å². The van der Waals surface area contributed by atoms with Crippen molar-refractivity contribution in [2.24, 2.45) is 0 Å². The van der Waals surface area contributed by atoms with Gasteiger partial charge < -0.3 is 5.32 Å². The van der Waals surface area contributed by atoms with E-state index in [0.29, 0.717) is 6.04 Å². The fourth-order valence-electron chi connectivity index (χ4n) is 2.52. The van der Waals surface area contributed by atoms with Gasteiger partial charge in [0.15, 0.2) is 0 Å². The zero-order valence-corrected chi connectivity index (χ0v) is 10.3. The molecule has 3 rings (SSSR count). The third kappa shape index (κ3) is 1.62. The Balaban J connectivity index is 2.16. The van der Waals surface area contributed by atoms with Crippen molar-refractivity contribution < 1.29 is 0 Å². The van der Waals surface area contributed by atoms with Gasteiger partial charge in [0.25, 0.3) is 0 Å². The summed E-state index contributed by atoms with van der Waals surface area (Å²) in [4.78, 5) is 0. The van der Waals surface area contributed by atoms with Crippen molar-refractivity contribution in [3.05, 3.63) is 36.0 Å². The first-order valence-electron chi connectivity index (χ1n) is 6.17. The van der Waals surface area contributed by atoms with E-state index < -0.39 is 0 Å². The van der Waals surface area contributed by atoms with Gasteiger partial charge in [-0.25, -0.2) is 0 Å². The summed E-state index contributed by atoms with van der Waals surface area (Å²) in [7, 11) is 0. The SMILES string of the molecule is CC(C)n1nccc1-c1cccc2c1CCN2. The molecule has 0 fully saturated rings. The molecule has 1 aromatic heterocycles. The maximum Gasteiger partial charge on any atom is 0.0688 e. The number of rotatable bonds is 2. The maximum absolute atomic E-state index is 4.41. The summed E-state index contributed by atoms with van der Waals surface area (Å²) in [6, 6.07) is 8.96. The van der Waals surface area contributed by atoms with Gasteiger partial charge in [-0.15, -0.1) is 0 Å². The molecule has 2 aromatic rings. The normalized spacial score (nSPS) is 13.8. The maximum atomic E-state index is 4.41. The third-order valence-electron chi connectivity index (χ3n) is 3.30.